The summed E-state index contributed by atoms with van der Waals surface area (Å²) in [7, 11) is 0. The second-order valence-electron chi connectivity index (χ2n) is 5.09. The predicted molar refractivity (Wildman–Crippen MR) is 85.3 cm³/mol. The van der Waals surface area contributed by atoms with Crippen LogP contribution in [-0.2, 0) is 31.8 Å². The van der Waals surface area contributed by atoms with Gasteiger partial charge in [0.15, 0.2) is 0 Å². The van der Waals surface area contributed by atoms with E-state index in [1.54, 1.807) is 6.92 Å². The molecule has 2 rings (SSSR count). The Bertz CT molecular complexity index is 676. The number of alkyl halides is 3. The highest BCUT2D eigenvalue weighted by atomic mass is 32.2. The Morgan fingerprint density at radius 3 is 2.76 bits per heavy atom. The van der Waals surface area contributed by atoms with Gasteiger partial charge in [0.25, 0.3) is 0 Å². The average Bonchev–Trinajstić information content (AvgIpc) is 2.59. The van der Waals surface area contributed by atoms with Gasteiger partial charge in [-0.1, -0.05) is 12.1 Å². The molecule has 1 aliphatic rings. The Morgan fingerprint density at radius 2 is 2.08 bits per heavy atom. The first-order valence-corrected chi connectivity index (χ1v) is 8.44. The van der Waals surface area contributed by atoms with Gasteiger partial charge in [0.2, 0.25) is 0 Å². The molecule has 136 valence electrons. The smallest absolute Gasteiger partial charge is 0.416 e. The first kappa shape index (κ1) is 19.2. The van der Waals surface area contributed by atoms with Gasteiger partial charge >= 0.3 is 18.1 Å². The molecule has 0 unspecified atom stereocenters. The molecule has 9 heteroatoms. The van der Waals surface area contributed by atoms with Crippen molar-refractivity contribution in [3.8, 4) is 0 Å². The highest BCUT2D eigenvalue weighted by Crippen LogP contribution is 2.29. The van der Waals surface area contributed by atoms with E-state index in [1.165, 1.54) is 29.3 Å². The molecule has 1 aromatic carbocycles. The van der Waals surface area contributed by atoms with Crippen molar-refractivity contribution in [3.05, 3.63) is 46.5 Å². The molecule has 1 atom stereocenters. The molecule has 0 bridgehead atoms. The molecule has 0 radical (unpaired) electrons. The van der Waals surface area contributed by atoms with E-state index in [1.807, 2.05) is 0 Å². The first-order valence-electron chi connectivity index (χ1n) is 7.39. The molecule has 0 aliphatic carbocycles. The van der Waals surface area contributed by atoms with Crippen molar-refractivity contribution in [2.24, 2.45) is 0 Å². The molecule has 0 amide bonds. The van der Waals surface area contributed by atoms with Crippen molar-refractivity contribution in [1.82, 2.24) is 5.32 Å². The maximum atomic E-state index is 12.7. The molecule has 1 heterocycles. The van der Waals surface area contributed by atoms with Gasteiger partial charge in [0.05, 0.1) is 12.2 Å². The highest BCUT2D eigenvalue weighted by molar-refractivity contribution is 8.02. The van der Waals surface area contributed by atoms with Gasteiger partial charge in [0.1, 0.15) is 18.3 Å². The zero-order valence-electron chi connectivity index (χ0n) is 13.3. The quantitative estimate of drug-likeness (QED) is 0.799. The Morgan fingerprint density at radius 1 is 1.32 bits per heavy atom. The number of ether oxygens (including phenoxy) is 2. The zero-order chi connectivity index (χ0) is 18.4. The first-order chi connectivity index (χ1) is 11.8. The van der Waals surface area contributed by atoms with Gasteiger partial charge in [-0.3, -0.25) is 0 Å². The van der Waals surface area contributed by atoms with Crippen LogP contribution in [0.2, 0.25) is 0 Å². The van der Waals surface area contributed by atoms with Crippen LogP contribution in [0.15, 0.2) is 35.4 Å². The van der Waals surface area contributed by atoms with E-state index >= 15 is 0 Å². The van der Waals surface area contributed by atoms with Gasteiger partial charge in [-0.05, 0) is 24.6 Å². The lowest BCUT2D eigenvalue weighted by Crippen LogP contribution is -2.43. The van der Waals surface area contributed by atoms with Gasteiger partial charge in [-0.15, -0.1) is 11.8 Å². The summed E-state index contributed by atoms with van der Waals surface area (Å²) in [6.45, 7) is 1.59. The molecule has 5 nitrogen and oxygen atoms in total. The van der Waals surface area contributed by atoms with Crippen molar-refractivity contribution in [2.45, 2.75) is 25.7 Å². The van der Waals surface area contributed by atoms with Crippen LogP contribution in [0.5, 0.6) is 0 Å². The summed E-state index contributed by atoms with van der Waals surface area (Å²) in [5.41, 5.74) is -0.524. The minimum Gasteiger partial charge on any atom is -0.464 e. The standard InChI is InChI=1S/C16H16F3NO4S/c1-2-23-14(21)12-8-25-9-13(20-12)15(22)24-7-10-4-3-5-11(6-10)16(17,18)19/h3-6,9,12,20H,2,7-8H2,1H3/t12-/m0/s1. The monoisotopic (exact) mass is 375 g/mol. The lowest BCUT2D eigenvalue weighted by atomic mass is 10.1. The van der Waals surface area contributed by atoms with E-state index in [0.717, 1.165) is 12.1 Å². The average molecular weight is 375 g/mol. The van der Waals surface area contributed by atoms with Crippen LogP contribution in [0.3, 0.4) is 0 Å². The van der Waals surface area contributed by atoms with Crippen molar-refractivity contribution in [2.75, 3.05) is 12.4 Å². The minimum atomic E-state index is -4.46. The van der Waals surface area contributed by atoms with Crippen molar-refractivity contribution >= 4 is 23.7 Å². The van der Waals surface area contributed by atoms with Crippen LogP contribution in [-0.4, -0.2) is 30.3 Å². The number of esters is 2. The third kappa shape index (κ3) is 5.42. The fraction of sp³-hybridized carbons (Fsp3) is 0.375. The highest BCUT2D eigenvalue weighted by Gasteiger charge is 2.30. The SMILES string of the molecule is CCOC(=O)[C@@H]1CSC=C(C(=O)OCc2cccc(C(F)(F)F)c2)N1. The lowest BCUT2D eigenvalue weighted by molar-refractivity contribution is -0.145. The molecule has 1 N–H and O–H groups in total. The number of hydrogen-bond acceptors (Lipinski definition) is 6. The van der Waals surface area contributed by atoms with Gasteiger partial charge in [0, 0.05) is 11.2 Å². The second-order valence-corrected chi connectivity index (χ2v) is 5.99. The zero-order valence-corrected chi connectivity index (χ0v) is 14.1. The predicted octanol–water partition coefficient (Wildman–Crippen LogP) is 2.86. The molecular weight excluding hydrogens is 359 g/mol. The number of carbonyl (C=O) groups excluding carboxylic acids is 2. The molecule has 1 aliphatic heterocycles. The van der Waals surface area contributed by atoms with E-state index < -0.39 is 29.7 Å². The van der Waals surface area contributed by atoms with Crippen molar-refractivity contribution in [3.63, 3.8) is 0 Å². The summed E-state index contributed by atoms with van der Waals surface area (Å²) in [6.07, 6.45) is -4.46. The van der Waals surface area contributed by atoms with Crippen molar-refractivity contribution in [1.29, 1.82) is 0 Å². The summed E-state index contributed by atoms with van der Waals surface area (Å²) in [5, 5.41) is 4.23. The van der Waals surface area contributed by atoms with E-state index in [2.05, 4.69) is 5.32 Å². The normalized spacial score (nSPS) is 17.3. The van der Waals surface area contributed by atoms with Crippen LogP contribution in [0.1, 0.15) is 18.1 Å². The third-order valence-corrected chi connectivity index (χ3v) is 4.14. The number of hydrogen-bond donors (Lipinski definition) is 1. The molecule has 0 fully saturated rings. The topological polar surface area (TPSA) is 64.6 Å². The summed E-state index contributed by atoms with van der Waals surface area (Å²) in [4.78, 5) is 23.7. The summed E-state index contributed by atoms with van der Waals surface area (Å²) in [5.74, 6) is -0.825. The van der Waals surface area contributed by atoms with Gasteiger partial charge in [-0.2, -0.15) is 13.2 Å². The molecule has 0 saturated heterocycles. The van der Waals surface area contributed by atoms with E-state index in [4.69, 9.17) is 9.47 Å². The van der Waals surface area contributed by atoms with Crippen LogP contribution in [0.4, 0.5) is 13.2 Å². The van der Waals surface area contributed by atoms with Crippen LogP contribution >= 0.6 is 11.8 Å². The fourth-order valence-electron chi connectivity index (χ4n) is 2.03. The van der Waals surface area contributed by atoms with Gasteiger partial charge < -0.3 is 14.8 Å². The third-order valence-electron chi connectivity index (χ3n) is 3.21. The Hall–Kier alpha value is -2.16. The fourth-order valence-corrected chi connectivity index (χ4v) is 2.87. The number of benzene rings is 1. The maximum absolute atomic E-state index is 12.7. The molecule has 0 spiro atoms. The molecule has 0 aromatic heterocycles. The van der Waals surface area contributed by atoms with Crippen LogP contribution in [0.25, 0.3) is 0 Å². The Balaban J connectivity index is 1.94. The number of halogens is 3. The van der Waals surface area contributed by atoms with E-state index in [-0.39, 0.29) is 24.5 Å². The van der Waals surface area contributed by atoms with E-state index in [9.17, 15) is 22.8 Å². The molecule has 25 heavy (non-hydrogen) atoms. The Kier molecular flexibility index (Phi) is 6.35. The van der Waals surface area contributed by atoms with E-state index in [0.29, 0.717) is 5.75 Å². The van der Waals surface area contributed by atoms with Crippen LogP contribution in [0, 0.1) is 0 Å². The Labute approximate surface area is 146 Å². The molecular formula is C16H16F3NO4S. The van der Waals surface area contributed by atoms with Gasteiger partial charge in [-0.25, -0.2) is 9.59 Å². The summed E-state index contributed by atoms with van der Waals surface area (Å²) >= 11 is 1.25. The van der Waals surface area contributed by atoms with Crippen LogP contribution < -0.4 is 5.32 Å². The number of carbonyl (C=O) groups is 2. The minimum absolute atomic E-state index is 0.0706. The number of rotatable bonds is 5. The largest absolute Gasteiger partial charge is 0.464 e. The van der Waals surface area contributed by atoms with Crippen molar-refractivity contribution < 1.29 is 32.2 Å². The second kappa shape index (κ2) is 8.28. The molecule has 1 aromatic rings. The number of thioether (sulfide) groups is 1. The summed E-state index contributed by atoms with van der Waals surface area (Å²) < 4.78 is 47.9. The number of nitrogens with one attached hydrogen (secondary N) is 1. The maximum Gasteiger partial charge on any atom is 0.416 e. The lowest BCUT2D eigenvalue weighted by Gasteiger charge is -2.22. The summed E-state index contributed by atoms with van der Waals surface area (Å²) in [6, 6.07) is 3.87. The molecule has 0 saturated carbocycles.